The number of hydrogen-bond donors (Lipinski definition) is 0. The van der Waals surface area contributed by atoms with Crippen molar-refractivity contribution < 1.29 is 14.3 Å². The minimum atomic E-state index is -0.646. The Morgan fingerprint density at radius 1 is 0.778 bits per heavy atom. The first kappa shape index (κ1) is 17.2. The lowest BCUT2D eigenvalue weighted by atomic mass is 10.1. The molecule has 136 valence electrons. The fourth-order valence-electron chi connectivity index (χ4n) is 3.16. The number of fused-ring (bicyclic) bond motifs is 1. The smallest absolute Gasteiger partial charge is 0.267 e. The third kappa shape index (κ3) is 4.11. The predicted molar refractivity (Wildman–Crippen MR) is 103 cm³/mol. The standard InChI is InChI=1S/C23H21NO3/c25-23(22-17-26-20-13-7-8-14-21(20)27-22)24(15-18-9-3-1-4-10-18)16-19-11-5-2-6-12-19/h1-14,22H,15-17H2/t22-/m0/s1. The summed E-state index contributed by atoms with van der Waals surface area (Å²) in [5.74, 6) is 1.22. The Bertz CT molecular complexity index is 854. The van der Waals surface area contributed by atoms with Crippen molar-refractivity contribution >= 4 is 5.91 Å². The summed E-state index contributed by atoms with van der Waals surface area (Å²) in [5, 5.41) is 0. The van der Waals surface area contributed by atoms with Gasteiger partial charge in [-0.15, -0.1) is 0 Å². The van der Waals surface area contributed by atoms with Gasteiger partial charge in [0.05, 0.1) is 0 Å². The first-order chi connectivity index (χ1) is 13.3. The van der Waals surface area contributed by atoms with E-state index in [0.717, 1.165) is 11.1 Å². The molecule has 0 unspecified atom stereocenters. The molecule has 1 heterocycles. The van der Waals surface area contributed by atoms with Crippen LogP contribution in [-0.4, -0.2) is 23.5 Å². The van der Waals surface area contributed by atoms with Gasteiger partial charge in [-0.2, -0.15) is 0 Å². The van der Waals surface area contributed by atoms with Crippen LogP contribution in [0.15, 0.2) is 84.9 Å². The number of ether oxygens (including phenoxy) is 2. The highest BCUT2D eigenvalue weighted by Gasteiger charge is 2.31. The molecule has 3 aromatic carbocycles. The number of amides is 1. The number of nitrogens with zero attached hydrogens (tertiary/aromatic N) is 1. The second-order valence-electron chi connectivity index (χ2n) is 6.53. The molecule has 0 saturated carbocycles. The number of hydrogen-bond acceptors (Lipinski definition) is 3. The van der Waals surface area contributed by atoms with E-state index in [2.05, 4.69) is 0 Å². The van der Waals surface area contributed by atoms with E-state index in [1.54, 1.807) is 0 Å². The third-order valence-corrected chi connectivity index (χ3v) is 4.53. The van der Waals surface area contributed by atoms with Crippen LogP contribution in [0.25, 0.3) is 0 Å². The van der Waals surface area contributed by atoms with Crippen LogP contribution < -0.4 is 9.47 Å². The molecule has 0 aromatic heterocycles. The summed E-state index contributed by atoms with van der Waals surface area (Å²) in [6.07, 6.45) is -0.646. The van der Waals surface area contributed by atoms with E-state index in [-0.39, 0.29) is 12.5 Å². The maximum Gasteiger partial charge on any atom is 0.267 e. The lowest BCUT2D eigenvalue weighted by Crippen LogP contribution is -2.45. The highest BCUT2D eigenvalue weighted by molar-refractivity contribution is 5.82. The van der Waals surface area contributed by atoms with Crippen molar-refractivity contribution in [1.82, 2.24) is 4.90 Å². The summed E-state index contributed by atoms with van der Waals surface area (Å²) in [4.78, 5) is 15.1. The van der Waals surface area contributed by atoms with Crippen LogP contribution >= 0.6 is 0 Å². The number of rotatable bonds is 5. The van der Waals surface area contributed by atoms with Crippen LogP contribution in [0, 0.1) is 0 Å². The van der Waals surface area contributed by atoms with Gasteiger partial charge in [-0.3, -0.25) is 4.79 Å². The van der Waals surface area contributed by atoms with E-state index in [9.17, 15) is 4.79 Å². The fourth-order valence-corrected chi connectivity index (χ4v) is 3.16. The summed E-state index contributed by atoms with van der Waals surface area (Å²) in [6, 6.07) is 27.4. The molecule has 4 heteroatoms. The monoisotopic (exact) mass is 359 g/mol. The zero-order valence-electron chi connectivity index (χ0n) is 15.0. The van der Waals surface area contributed by atoms with E-state index in [1.165, 1.54) is 0 Å². The molecule has 0 saturated heterocycles. The summed E-state index contributed by atoms with van der Waals surface area (Å²) in [6.45, 7) is 1.27. The van der Waals surface area contributed by atoms with Gasteiger partial charge in [0, 0.05) is 13.1 Å². The van der Waals surface area contributed by atoms with E-state index in [4.69, 9.17) is 9.47 Å². The van der Waals surface area contributed by atoms with Gasteiger partial charge >= 0.3 is 0 Å². The Morgan fingerprint density at radius 3 is 1.89 bits per heavy atom. The second-order valence-corrected chi connectivity index (χ2v) is 6.53. The van der Waals surface area contributed by atoms with E-state index < -0.39 is 6.10 Å². The first-order valence-electron chi connectivity index (χ1n) is 9.05. The Labute approximate surface area is 159 Å². The normalized spacial score (nSPS) is 15.2. The van der Waals surface area contributed by atoms with Crippen LogP contribution in [-0.2, 0) is 17.9 Å². The van der Waals surface area contributed by atoms with Crippen LogP contribution in [0.3, 0.4) is 0 Å². The van der Waals surface area contributed by atoms with Crippen molar-refractivity contribution in [3.8, 4) is 11.5 Å². The van der Waals surface area contributed by atoms with Crippen LogP contribution in [0.4, 0.5) is 0 Å². The molecule has 27 heavy (non-hydrogen) atoms. The first-order valence-corrected chi connectivity index (χ1v) is 9.05. The average molecular weight is 359 g/mol. The Hall–Kier alpha value is -3.27. The van der Waals surface area contributed by atoms with Crippen molar-refractivity contribution in [3.63, 3.8) is 0 Å². The third-order valence-electron chi connectivity index (χ3n) is 4.53. The summed E-state index contributed by atoms with van der Waals surface area (Å²) >= 11 is 0. The zero-order valence-corrected chi connectivity index (χ0v) is 15.0. The number of carbonyl (C=O) groups excluding carboxylic acids is 1. The molecule has 1 atom stereocenters. The predicted octanol–water partition coefficient (Wildman–Crippen LogP) is 4.06. The Balaban J connectivity index is 1.55. The maximum absolute atomic E-state index is 13.2. The van der Waals surface area contributed by atoms with E-state index in [0.29, 0.717) is 24.6 Å². The summed E-state index contributed by atoms with van der Waals surface area (Å²) < 4.78 is 11.7. The molecule has 1 aliphatic heterocycles. The molecule has 1 aliphatic rings. The zero-order chi connectivity index (χ0) is 18.5. The van der Waals surface area contributed by atoms with Crippen LogP contribution in [0.5, 0.6) is 11.5 Å². The van der Waals surface area contributed by atoms with Gasteiger partial charge < -0.3 is 14.4 Å². The van der Waals surface area contributed by atoms with Gasteiger partial charge in [0.25, 0.3) is 5.91 Å². The Kier molecular flexibility index (Phi) is 5.06. The van der Waals surface area contributed by atoms with Crippen molar-refractivity contribution in [3.05, 3.63) is 96.1 Å². The van der Waals surface area contributed by atoms with Crippen LogP contribution in [0.1, 0.15) is 11.1 Å². The lowest BCUT2D eigenvalue weighted by molar-refractivity contribution is -0.142. The number of benzene rings is 3. The molecule has 0 radical (unpaired) electrons. The van der Waals surface area contributed by atoms with Crippen molar-refractivity contribution in [2.75, 3.05) is 6.61 Å². The largest absolute Gasteiger partial charge is 0.485 e. The molecule has 4 nitrogen and oxygen atoms in total. The second kappa shape index (κ2) is 7.96. The van der Waals surface area contributed by atoms with E-state index >= 15 is 0 Å². The van der Waals surface area contributed by atoms with Gasteiger partial charge in [0.1, 0.15) is 6.61 Å². The van der Waals surface area contributed by atoms with E-state index in [1.807, 2.05) is 89.8 Å². The molecule has 0 fully saturated rings. The molecule has 3 aromatic rings. The highest BCUT2D eigenvalue weighted by Crippen LogP contribution is 2.31. The van der Waals surface area contributed by atoms with Crippen molar-refractivity contribution in [2.45, 2.75) is 19.2 Å². The molecular formula is C23H21NO3. The lowest BCUT2D eigenvalue weighted by Gasteiger charge is -2.31. The number of carbonyl (C=O) groups is 1. The molecule has 0 N–H and O–H groups in total. The van der Waals surface area contributed by atoms with Crippen molar-refractivity contribution in [1.29, 1.82) is 0 Å². The molecule has 1 amide bonds. The number of para-hydroxylation sites is 2. The van der Waals surface area contributed by atoms with Crippen LogP contribution in [0.2, 0.25) is 0 Å². The van der Waals surface area contributed by atoms with Gasteiger partial charge in [0.2, 0.25) is 6.10 Å². The van der Waals surface area contributed by atoms with Crippen molar-refractivity contribution in [2.24, 2.45) is 0 Å². The fraction of sp³-hybridized carbons (Fsp3) is 0.174. The SMILES string of the molecule is O=C([C@@H]1COc2ccccc2O1)N(Cc1ccccc1)Cc1ccccc1. The minimum absolute atomic E-state index is 0.0720. The van der Waals surface area contributed by atoms with Gasteiger partial charge in [-0.25, -0.2) is 0 Å². The summed E-state index contributed by atoms with van der Waals surface area (Å²) in [7, 11) is 0. The molecular weight excluding hydrogens is 338 g/mol. The van der Waals surface area contributed by atoms with Gasteiger partial charge in [0.15, 0.2) is 11.5 Å². The quantitative estimate of drug-likeness (QED) is 0.690. The van der Waals surface area contributed by atoms with Gasteiger partial charge in [-0.05, 0) is 23.3 Å². The molecule has 4 rings (SSSR count). The topological polar surface area (TPSA) is 38.8 Å². The maximum atomic E-state index is 13.2. The highest BCUT2D eigenvalue weighted by atomic mass is 16.6. The molecule has 0 spiro atoms. The Morgan fingerprint density at radius 2 is 1.30 bits per heavy atom. The summed E-state index contributed by atoms with van der Waals surface area (Å²) in [5.41, 5.74) is 2.16. The van der Waals surface area contributed by atoms with Gasteiger partial charge in [-0.1, -0.05) is 72.8 Å². The minimum Gasteiger partial charge on any atom is -0.485 e. The average Bonchev–Trinajstić information content (AvgIpc) is 2.74. The molecule has 0 aliphatic carbocycles. The molecule has 0 bridgehead atoms.